The summed E-state index contributed by atoms with van der Waals surface area (Å²) in [6, 6.07) is 0. The van der Waals surface area contributed by atoms with Gasteiger partial charge in [0.25, 0.3) is 0 Å². The Kier molecular flexibility index (Phi) is 3.10. The molecule has 2 rings (SSSR count). The van der Waals surface area contributed by atoms with Crippen molar-refractivity contribution in [3.05, 3.63) is 12.2 Å². The van der Waals surface area contributed by atoms with E-state index in [4.69, 9.17) is 4.74 Å². The Morgan fingerprint density at radius 2 is 2.20 bits per heavy atom. The molecule has 2 aliphatic rings. The monoisotopic (exact) mass is 210 g/mol. The normalized spacial score (nSPS) is 39.0. The van der Waals surface area contributed by atoms with Crippen LogP contribution in [0.3, 0.4) is 0 Å². The van der Waals surface area contributed by atoms with E-state index in [1.807, 2.05) is 6.92 Å². The van der Waals surface area contributed by atoms with E-state index in [9.17, 15) is 9.90 Å². The van der Waals surface area contributed by atoms with Gasteiger partial charge in [0, 0.05) is 6.61 Å². The van der Waals surface area contributed by atoms with Crippen LogP contribution < -0.4 is 0 Å². The average molecular weight is 210 g/mol. The molecule has 15 heavy (non-hydrogen) atoms. The Bertz CT molecular complexity index is 272. The van der Waals surface area contributed by atoms with E-state index in [-0.39, 0.29) is 12.0 Å². The second kappa shape index (κ2) is 4.35. The van der Waals surface area contributed by atoms with E-state index in [0.717, 1.165) is 19.3 Å². The summed E-state index contributed by atoms with van der Waals surface area (Å²) in [5.74, 6) is -0.159. The van der Waals surface area contributed by atoms with Crippen molar-refractivity contribution in [2.24, 2.45) is 17.8 Å². The molecule has 0 radical (unpaired) electrons. The average Bonchev–Trinajstić information content (AvgIpc) is 2.56. The van der Waals surface area contributed by atoms with Gasteiger partial charge in [-0.25, -0.2) is 0 Å². The fourth-order valence-electron chi connectivity index (χ4n) is 3.05. The molecule has 0 heterocycles. The lowest BCUT2D eigenvalue weighted by molar-refractivity contribution is -0.148. The number of aliphatic carboxylic acids is 1. The Morgan fingerprint density at radius 1 is 1.47 bits per heavy atom. The highest BCUT2D eigenvalue weighted by molar-refractivity contribution is 5.71. The van der Waals surface area contributed by atoms with Gasteiger partial charge >= 0.3 is 5.97 Å². The maximum absolute atomic E-state index is 11.2. The standard InChI is InChI=1S/C12H18O3/c1-2-15-10-7-8-5-3-4-6-9(8)11(10)12(13)14/h3-4,8-11H,2,5-7H2,1H3,(H,13,14). The quantitative estimate of drug-likeness (QED) is 0.725. The van der Waals surface area contributed by atoms with Gasteiger partial charge in [0.15, 0.2) is 0 Å². The van der Waals surface area contributed by atoms with Gasteiger partial charge in [0.05, 0.1) is 12.0 Å². The molecule has 84 valence electrons. The topological polar surface area (TPSA) is 46.5 Å². The first-order valence-electron chi connectivity index (χ1n) is 5.73. The maximum Gasteiger partial charge on any atom is 0.309 e. The van der Waals surface area contributed by atoms with Crippen molar-refractivity contribution in [1.82, 2.24) is 0 Å². The fraction of sp³-hybridized carbons (Fsp3) is 0.750. The summed E-state index contributed by atoms with van der Waals surface area (Å²) in [5.41, 5.74) is 0. The zero-order valence-corrected chi connectivity index (χ0v) is 9.06. The van der Waals surface area contributed by atoms with Crippen LogP contribution in [0.25, 0.3) is 0 Å². The molecule has 0 aromatic carbocycles. The van der Waals surface area contributed by atoms with Crippen molar-refractivity contribution in [3.8, 4) is 0 Å². The van der Waals surface area contributed by atoms with Gasteiger partial charge in [-0.2, -0.15) is 0 Å². The number of allylic oxidation sites excluding steroid dienone is 2. The number of hydrogen-bond acceptors (Lipinski definition) is 2. The van der Waals surface area contributed by atoms with Crippen LogP contribution in [-0.4, -0.2) is 23.8 Å². The highest BCUT2D eigenvalue weighted by Crippen LogP contribution is 2.45. The third kappa shape index (κ3) is 1.93. The lowest BCUT2D eigenvalue weighted by Crippen LogP contribution is -2.30. The molecule has 0 bridgehead atoms. The van der Waals surface area contributed by atoms with Crippen molar-refractivity contribution < 1.29 is 14.6 Å². The molecule has 0 aromatic heterocycles. The van der Waals surface area contributed by atoms with Crippen molar-refractivity contribution in [2.75, 3.05) is 6.61 Å². The maximum atomic E-state index is 11.2. The molecule has 0 amide bonds. The van der Waals surface area contributed by atoms with Crippen LogP contribution in [0.1, 0.15) is 26.2 Å². The first kappa shape index (κ1) is 10.7. The number of carbonyl (C=O) groups is 1. The lowest BCUT2D eigenvalue weighted by atomic mass is 9.81. The lowest BCUT2D eigenvalue weighted by Gasteiger charge is -2.24. The molecule has 1 fully saturated rings. The molecule has 3 heteroatoms. The summed E-state index contributed by atoms with van der Waals surface area (Å²) in [6.07, 6.45) is 7.07. The van der Waals surface area contributed by atoms with Crippen molar-refractivity contribution in [1.29, 1.82) is 0 Å². The molecule has 3 nitrogen and oxygen atoms in total. The molecule has 4 atom stereocenters. The van der Waals surface area contributed by atoms with Gasteiger partial charge in [-0.05, 0) is 38.0 Å². The summed E-state index contributed by atoms with van der Waals surface area (Å²) in [5, 5.41) is 9.25. The van der Waals surface area contributed by atoms with Crippen LogP contribution in [0.4, 0.5) is 0 Å². The van der Waals surface area contributed by atoms with E-state index in [1.165, 1.54) is 0 Å². The molecule has 0 spiro atoms. The molecule has 0 aromatic rings. The summed E-state index contributed by atoms with van der Waals surface area (Å²) < 4.78 is 5.56. The first-order valence-corrected chi connectivity index (χ1v) is 5.73. The van der Waals surface area contributed by atoms with Gasteiger partial charge in [0.1, 0.15) is 0 Å². The fourth-order valence-corrected chi connectivity index (χ4v) is 3.05. The van der Waals surface area contributed by atoms with Crippen LogP contribution >= 0.6 is 0 Å². The first-order chi connectivity index (χ1) is 7.24. The second-order valence-corrected chi connectivity index (χ2v) is 4.46. The molecule has 0 aliphatic heterocycles. The smallest absolute Gasteiger partial charge is 0.309 e. The Labute approximate surface area is 90.1 Å². The van der Waals surface area contributed by atoms with Crippen molar-refractivity contribution in [3.63, 3.8) is 0 Å². The third-order valence-corrected chi connectivity index (χ3v) is 3.68. The van der Waals surface area contributed by atoms with E-state index in [1.54, 1.807) is 0 Å². The Morgan fingerprint density at radius 3 is 2.87 bits per heavy atom. The van der Waals surface area contributed by atoms with Gasteiger partial charge in [-0.3, -0.25) is 4.79 Å². The number of carboxylic acids is 1. The van der Waals surface area contributed by atoms with Crippen LogP contribution in [0.15, 0.2) is 12.2 Å². The minimum atomic E-state index is -0.684. The molecule has 1 N–H and O–H groups in total. The summed E-state index contributed by atoms with van der Waals surface area (Å²) in [6.45, 7) is 2.54. The van der Waals surface area contributed by atoms with Gasteiger partial charge in [0.2, 0.25) is 0 Å². The zero-order valence-electron chi connectivity index (χ0n) is 9.06. The largest absolute Gasteiger partial charge is 0.481 e. The van der Waals surface area contributed by atoms with Gasteiger partial charge in [-0.1, -0.05) is 12.2 Å². The number of carboxylic acid groups (broad SMARTS) is 1. The van der Waals surface area contributed by atoms with Crippen molar-refractivity contribution in [2.45, 2.75) is 32.3 Å². The minimum Gasteiger partial charge on any atom is -0.481 e. The minimum absolute atomic E-state index is 0.0672. The van der Waals surface area contributed by atoms with E-state index in [0.29, 0.717) is 18.4 Å². The predicted molar refractivity (Wildman–Crippen MR) is 56.5 cm³/mol. The predicted octanol–water partition coefficient (Wildman–Crippen LogP) is 2.08. The van der Waals surface area contributed by atoms with Crippen molar-refractivity contribution >= 4 is 5.97 Å². The molecule has 4 unspecified atom stereocenters. The molecule has 1 saturated carbocycles. The zero-order chi connectivity index (χ0) is 10.8. The number of ether oxygens (including phenoxy) is 1. The van der Waals surface area contributed by atoms with Crippen LogP contribution in [0.2, 0.25) is 0 Å². The highest BCUT2D eigenvalue weighted by atomic mass is 16.5. The number of rotatable bonds is 3. The molecular weight excluding hydrogens is 192 g/mol. The second-order valence-electron chi connectivity index (χ2n) is 4.46. The van der Waals surface area contributed by atoms with Crippen LogP contribution in [0.5, 0.6) is 0 Å². The van der Waals surface area contributed by atoms with Gasteiger partial charge in [-0.15, -0.1) is 0 Å². The van der Waals surface area contributed by atoms with E-state index in [2.05, 4.69) is 12.2 Å². The number of fused-ring (bicyclic) bond motifs is 1. The Balaban J connectivity index is 2.13. The SMILES string of the molecule is CCOC1CC2CC=CCC2C1C(=O)O. The third-order valence-electron chi connectivity index (χ3n) is 3.68. The summed E-state index contributed by atoms with van der Waals surface area (Å²) in [7, 11) is 0. The van der Waals surface area contributed by atoms with Crippen LogP contribution in [0, 0.1) is 17.8 Å². The van der Waals surface area contributed by atoms with E-state index < -0.39 is 5.97 Å². The Hall–Kier alpha value is -0.830. The molecule has 0 saturated heterocycles. The number of hydrogen-bond donors (Lipinski definition) is 1. The molecular formula is C12H18O3. The van der Waals surface area contributed by atoms with E-state index >= 15 is 0 Å². The summed E-state index contributed by atoms with van der Waals surface area (Å²) in [4.78, 5) is 11.2. The molecule has 2 aliphatic carbocycles. The van der Waals surface area contributed by atoms with Gasteiger partial charge < -0.3 is 9.84 Å². The van der Waals surface area contributed by atoms with Crippen LogP contribution in [-0.2, 0) is 9.53 Å². The summed E-state index contributed by atoms with van der Waals surface area (Å²) >= 11 is 0. The highest BCUT2D eigenvalue weighted by Gasteiger charge is 2.47.